The molecule has 2 N–H and O–H groups in total. The topological polar surface area (TPSA) is 40.5 Å². The van der Waals surface area contributed by atoms with Crippen LogP contribution in [0.4, 0.5) is 0 Å². The minimum atomic E-state index is -0.732. The van der Waals surface area contributed by atoms with Gasteiger partial charge < -0.3 is 10.2 Å². The first-order valence-electron chi connectivity index (χ1n) is 4.35. The summed E-state index contributed by atoms with van der Waals surface area (Å²) in [6, 6.07) is 0. The molecule has 0 radical (unpaired) electrons. The van der Waals surface area contributed by atoms with Gasteiger partial charge in [0, 0.05) is 12.5 Å². The van der Waals surface area contributed by atoms with Crippen molar-refractivity contribution < 1.29 is 10.2 Å². The van der Waals surface area contributed by atoms with Gasteiger partial charge in [-0.05, 0) is 20.3 Å². The van der Waals surface area contributed by atoms with Gasteiger partial charge in [0.15, 0.2) is 0 Å². The fraction of sp³-hybridized carbons (Fsp3) is 1.00. The molecular weight excluding hydrogens is 140 g/mol. The molecule has 68 valence electrons. The van der Waals surface area contributed by atoms with E-state index in [1.165, 1.54) is 0 Å². The Bertz CT molecular complexity index is 94.2. The van der Waals surface area contributed by atoms with E-state index in [-0.39, 0.29) is 12.5 Å². The number of aliphatic hydroxyl groups is 2. The zero-order valence-electron chi connectivity index (χ0n) is 7.80. The molecule has 0 aliphatic carbocycles. The fourth-order valence-corrected chi connectivity index (χ4v) is 1.12. The van der Waals surface area contributed by atoms with E-state index in [0.717, 1.165) is 19.3 Å². The predicted molar refractivity (Wildman–Crippen MR) is 46.4 cm³/mol. The van der Waals surface area contributed by atoms with Gasteiger partial charge in [0.1, 0.15) is 0 Å². The van der Waals surface area contributed by atoms with Crippen molar-refractivity contribution in [1.29, 1.82) is 0 Å². The third kappa shape index (κ3) is 4.38. The van der Waals surface area contributed by atoms with Gasteiger partial charge in [-0.2, -0.15) is 0 Å². The average Bonchev–Trinajstić information content (AvgIpc) is 1.87. The monoisotopic (exact) mass is 160 g/mol. The lowest BCUT2D eigenvalue weighted by atomic mass is 9.87. The predicted octanol–water partition coefficient (Wildman–Crippen LogP) is 1.56. The second-order valence-electron chi connectivity index (χ2n) is 3.68. The Hall–Kier alpha value is -0.0800. The Morgan fingerprint density at radius 3 is 2.18 bits per heavy atom. The van der Waals surface area contributed by atoms with Crippen LogP contribution >= 0.6 is 0 Å². The maximum absolute atomic E-state index is 9.54. The third-order valence-corrected chi connectivity index (χ3v) is 2.13. The lowest BCUT2D eigenvalue weighted by Crippen LogP contribution is -2.33. The molecule has 0 bridgehead atoms. The molecule has 2 heteroatoms. The quantitative estimate of drug-likeness (QED) is 0.640. The van der Waals surface area contributed by atoms with Crippen LogP contribution in [-0.2, 0) is 0 Å². The Kier molecular flexibility index (Phi) is 4.69. The molecule has 0 aliphatic heterocycles. The minimum absolute atomic E-state index is 0.0300. The second-order valence-corrected chi connectivity index (χ2v) is 3.68. The van der Waals surface area contributed by atoms with Gasteiger partial charge in [0.05, 0.1) is 5.60 Å². The molecule has 0 aromatic heterocycles. The summed E-state index contributed by atoms with van der Waals surface area (Å²) in [5.41, 5.74) is -0.732. The van der Waals surface area contributed by atoms with Crippen molar-refractivity contribution in [3.05, 3.63) is 0 Å². The zero-order valence-corrected chi connectivity index (χ0v) is 7.80. The van der Waals surface area contributed by atoms with Crippen molar-refractivity contribution in [3.63, 3.8) is 0 Å². The van der Waals surface area contributed by atoms with Gasteiger partial charge in [-0.1, -0.05) is 19.8 Å². The Balaban J connectivity index is 3.76. The summed E-state index contributed by atoms with van der Waals surface area (Å²) in [6.07, 6.45) is 3.11. The van der Waals surface area contributed by atoms with Crippen LogP contribution in [0.1, 0.15) is 40.0 Å². The minimum Gasteiger partial charge on any atom is -0.396 e. The molecule has 0 saturated carbocycles. The van der Waals surface area contributed by atoms with Crippen molar-refractivity contribution in [2.75, 3.05) is 6.61 Å². The van der Waals surface area contributed by atoms with Gasteiger partial charge in [-0.15, -0.1) is 0 Å². The molecule has 0 rings (SSSR count). The van der Waals surface area contributed by atoms with E-state index in [4.69, 9.17) is 5.11 Å². The average molecular weight is 160 g/mol. The number of hydrogen-bond donors (Lipinski definition) is 2. The van der Waals surface area contributed by atoms with Crippen LogP contribution in [0.25, 0.3) is 0 Å². The SMILES string of the molecule is CCCC[C@@H](CO)C(C)(C)O. The van der Waals surface area contributed by atoms with E-state index in [1.54, 1.807) is 13.8 Å². The Morgan fingerprint density at radius 1 is 1.36 bits per heavy atom. The highest BCUT2D eigenvalue weighted by Gasteiger charge is 2.24. The van der Waals surface area contributed by atoms with Gasteiger partial charge in [0.25, 0.3) is 0 Å². The number of rotatable bonds is 5. The van der Waals surface area contributed by atoms with E-state index in [2.05, 4.69) is 6.92 Å². The van der Waals surface area contributed by atoms with Crippen molar-refractivity contribution >= 4 is 0 Å². The summed E-state index contributed by atoms with van der Waals surface area (Å²) >= 11 is 0. The van der Waals surface area contributed by atoms with Crippen molar-refractivity contribution in [2.45, 2.75) is 45.6 Å². The van der Waals surface area contributed by atoms with Crippen LogP contribution in [0.3, 0.4) is 0 Å². The van der Waals surface area contributed by atoms with Crippen LogP contribution in [0.2, 0.25) is 0 Å². The summed E-state index contributed by atoms with van der Waals surface area (Å²) in [6.45, 7) is 5.70. The van der Waals surface area contributed by atoms with Gasteiger partial charge >= 0.3 is 0 Å². The standard InChI is InChI=1S/C9H20O2/c1-4-5-6-8(7-10)9(2,3)11/h8,10-11H,4-7H2,1-3H3/t8-/m0/s1. The summed E-state index contributed by atoms with van der Waals surface area (Å²) in [7, 11) is 0. The molecule has 0 aromatic carbocycles. The van der Waals surface area contributed by atoms with Gasteiger partial charge in [-0.25, -0.2) is 0 Å². The second kappa shape index (κ2) is 4.73. The van der Waals surface area contributed by atoms with E-state index in [9.17, 15) is 5.11 Å². The number of hydrogen-bond acceptors (Lipinski definition) is 2. The summed E-state index contributed by atoms with van der Waals surface area (Å²) < 4.78 is 0. The largest absolute Gasteiger partial charge is 0.396 e. The van der Waals surface area contributed by atoms with Crippen LogP contribution < -0.4 is 0 Å². The highest BCUT2D eigenvalue weighted by atomic mass is 16.3. The van der Waals surface area contributed by atoms with E-state index >= 15 is 0 Å². The molecule has 0 aromatic rings. The molecule has 0 aliphatic rings. The summed E-state index contributed by atoms with van der Waals surface area (Å²) in [5, 5.41) is 18.5. The highest BCUT2D eigenvalue weighted by molar-refractivity contribution is 4.76. The Morgan fingerprint density at radius 2 is 1.91 bits per heavy atom. The lowest BCUT2D eigenvalue weighted by Gasteiger charge is -2.27. The maximum Gasteiger partial charge on any atom is 0.0641 e. The van der Waals surface area contributed by atoms with Crippen LogP contribution in [0.15, 0.2) is 0 Å². The van der Waals surface area contributed by atoms with Crippen molar-refractivity contribution in [2.24, 2.45) is 5.92 Å². The molecule has 1 atom stereocenters. The smallest absolute Gasteiger partial charge is 0.0641 e. The molecule has 0 unspecified atom stereocenters. The lowest BCUT2D eigenvalue weighted by molar-refractivity contribution is -0.0129. The maximum atomic E-state index is 9.54. The van der Waals surface area contributed by atoms with Crippen LogP contribution in [0.5, 0.6) is 0 Å². The summed E-state index contributed by atoms with van der Waals surface area (Å²) in [4.78, 5) is 0. The zero-order chi connectivity index (χ0) is 8.91. The molecule has 0 amide bonds. The van der Waals surface area contributed by atoms with E-state index in [1.807, 2.05) is 0 Å². The highest BCUT2D eigenvalue weighted by Crippen LogP contribution is 2.21. The number of aliphatic hydroxyl groups excluding tert-OH is 1. The normalized spacial score (nSPS) is 15.0. The van der Waals surface area contributed by atoms with Crippen LogP contribution in [-0.4, -0.2) is 22.4 Å². The van der Waals surface area contributed by atoms with Crippen molar-refractivity contribution in [1.82, 2.24) is 0 Å². The first kappa shape index (κ1) is 10.9. The summed E-state index contributed by atoms with van der Waals surface area (Å²) in [5.74, 6) is 0.0300. The van der Waals surface area contributed by atoms with E-state index < -0.39 is 5.60 Å². The van der Waals surface area contributed by atoms with Gasteiger partial charge in [0.2, 0.25) is 0 Å². The van der Waals surface area contributed by atoms with Gasteiger partial charge in [-0.3, -0.25) is 0 Å². The molecule has 0 fully saturated rings. The van der Waals surface area contributed by atoms with Crippen LogP contribution in [0, 0.1) is 5.92 Å². The molecular formula is C9H20O2. The first-order valence-corrected chi connectivity index (χ1v) is 4.35. The Labute approximate surface area is 69.2 Å². The molecule has 0 spiro atoms. The van der Waals surface area contributed by atoms with E-state index in [0.29, 0.717) is 0 Å². The fourth-order valence-electron chi connectivity index (χ4n) is 1.12. The first-order chi connectivity index (χ1) is 5.02. The third-order valence-electron chi connectivity index (χ3n) is 2.13. The van der Waals surface area contributed by atoms with Crippen molar-refractivity contribution in [3.8, 4) is 0 Å². The molecule has 2 nitrogen and oxygen atoms in total. The molecule has 0 saturated heterocycles. The molecule has 11 heavy (non-hydrogen) atoms. The molecule has 0 heterocycles. The number of unbranched alkanes of at least 4 members (excludes halogenated alkanes) is 1.